The van der Waals surface area contributed by atoms with E-state index in [0.717, 1.165) is 32.5 Å². The fourth-order valence-corrected chi connectivity index (χ4v) is 3.88. The summed E-state index contributed by atoms with van der Waals surface area (Å²) in [5.41, 5.74) is 2.59. The van der Waals surface area contributed by atoms with Crippen LogP contribution in [0.25, 0.3) is 0 Å². The van der Waals surface area contributed by atoms with Crippen LogP contribution in [0.5, 0.6) is 0 Å². The average Bonchev–Trinajstić information content (AvgIpc) is 2.88. The van der Waals surface area contributed by atoms with Crippen LogP contribution in [0.3, 0.4) is 0 Å². The third-order valence-electron chi connectivity index (χ3n) is 4.77. The number of fused-ring (bicyclic) bond motifs is 1. The van der Waals surface area contributed by atoms with Crippen LogP contribution < -0.4 is 5.32 Å². The van der Waals surface area contributed by atoms with Crippen molar-refractivity contribution < 1.29 is 4.39 Å². The predicted octanol–water partition coefficient (Wildman–Crippen LogP) is 3.28. The Labute approximate surface area is 121 Å². The lowest BCUT2D eigenvalue weighted by atomic mass is 10.00. The lowest BCUT2D eigenvalue weighted by Crippen LogP contribution is -2.47. The van der Waals surface area contributed by atoms with E-state index in [0.29, 0.717) is 12.1 Å². The molecule has 110 valence electrons. The van der Waals surface area contributed by atoms with Gasteiger partial charge in [-0.15, -0.1) is 0 Å². The smallest absolute Gasteiger partial charge is 0.123 e. The molecule has 0 bridgehead atoms. The molecule has 3 heteroatoms. The summed E-state index contributed by atoms with van der Waals surface area (Å²) in [6.07, 6.45) is 5.92. The molecule has 0 spiro atoms. The molecule has 3 rings (SSSR count). The molecular weight excluding hydrogens is 251 g/mol. The van der Waals surface area contributed by atoms with Crippen LogP contribution in [-0.4, -0.2) is 30.6 Å². The molecular formula is C17H25FN2. The van der Waals surface area contributed by atoms with Crippen LogP contribution in [0.4, 0.5) is 4.39 Å². The fraction of sp³-hybridized carbons (Fsp3) is 0.647. The largest absolute Gasteiger partial charge is 0.315 e. The van der Waals surface area contributed by atoms with Crippen molar-refractivity contribution in [3.63, 3.8) is 0 Å². The van der Waals surface area contributed by atoms with Gasteiger partial charge in [-0.1, -0.05) is 13.0 Å². The van der Waals surface area contributed by atoms with Crippen LogP contribution in [0.2, 0.25) is 0 Å². The highest BCUT2D eigenvalue weighted by atomic mass is 19.1. The molecule has 2 unspecified atom stereocenters. The molecule has 0 amide bonds. The Kier molecular flexibility index (Phi) is 4.37. The number of halogens is 1. The topological polar surface area (TPSA) is 15.3 Å². The first-order chi connectivity index (χ1) is 9.79. The van der Waals surface area contributed by atoms with E-state index in [4.69, 9.17) is 0 Å². The Balaban J connectivity index is 1.82. The summed E-state index contributed by atoms with van der Waals surface area (Å²) in [6.45, 7) is 5.66. The standard InChI is InChI=1S/C17H25FN2/c1-2-10-20(15-4-3-9-19-12-15)17-8-5-13-11-14(18)6-7-16(13)17/h6-7,11,15,17,19H,2-5,8-10,12H2,1H3. The van der Waals surface area contributed by atoms with E-state index in [-0.39, 0.29) is 5.82 Å². The first kappa shape index (κ1) is 14.0. The number of hydrogen-bond acceptors (Lipinski definition) is 2. The Hall–Kier alpha value is -0.930. The molecule has 1 saturated heterocycles. The van der Waals surface area contributed by atoms with Gasteiger partial charge in [0.25, 0.3) is 0 Å². The minimum Gasteiger partial charge on any atom is -0.315 e. The second kappa shape index (κ2) is 6.23. The zero-order chi connectivity index (χ0) is 13.9. The Bertz CT molecular complexity index is 454. The maximum Gasteiger partial charge on any atom is 0.123 e. The number of nitrogens with zero attached hydrogens (tertiary/aromatic N) is 1. The number of benzene rings is 1. The summed E-state index contributed by atoms with van der Waals surface area (Å²) >= 11 is 0. The molecule has 1 fully saturated rings. The Morgan fingerprint density at radius 2 is 2.25 bits per heavy atom. The maximum absolute atomic E-state index is 13.4. The van der Waals surface area contributed by atoms with Gasteiger partial charge in [0.2, 0.25) is 0 Å². The summed E-state index contributed by atoms with van der Waals surface area (Å²) in [4.78, 5) is 2.68. The molecule has 0 saturated carbocycles. The predicted molar refractivity (Wildman–Crippen MR) is 80.4 cm³/mol. The molecule has 0 aromatic heterocycles. The molecule has 2 atom stereocenters. The normalized spacial score (nSPS) is 25.9. The summed E-state index contributed by atoms with van der Waals surface area (Å²) in [6, 6.07) is 6.51. The van der Waals surface area contributed by atoms with Gasteiger partial charge in [-0.2, -0.15) is 0 Å². The highest BCUT2D eigenvalue weighted by Gasteiger charge is 2.32. The molecule has 2 nitrogen and oxygen atoms in total. The van der Waals surface area contributed by atoms with Crippen molar-refractivity contribution in [1.82, 2.24) is 10.2 Å². The molecule has 1 aliphatic carbocycles. The van der Waals surface area contributed by atoms with Gasteiger partial charge in [0.15, 0.2) is 0 Å². The van der Waals surface area contributed by atoms with E-state index in [9.17, 15) is 4.39 Å². The van der Waals surface area contributed by atoms with E-state index in [1.807, 2.05) is 6.07 Å². The van der Waals surface area contributed by atoms with Crippen LogP contribution in [0.15, 0.2) is 18.2 Å². The lowest BCUT2D eigenvalue weighted by molar-refractivity contribution is 0.111. The summed E-state index contributed by atoms with van der Waals surface area (Å²) < 4.78 is 13.4. The van der Waals surface area contributed by atoms with Crippen molar-refractivity contribution in [1.29, 1.82) is 0 Å². The SMILES string of the molecule is CCCN(C1CCCNC1)C1CCc2cc(F)ccc21. The van der Waals surface area contributed by atoms with Crippen molar-refractivity contribution in [3.8, 4) is 0 Å². The second-order valence-corrected chi connectivity index (χ2v) is 6.14. The van der Waals surface area contributed by atoms with Crippen molar-refractivity contribution in [2.45, 2.75) is 51.1 Å². The minimum atomic E-state index is -0.0919. The van der Waals surface area contributed by atoms with Crippen LogP contribution in [0, 0.1) is 5.82 Å². The Morgan fingerprint density at radius 1 is 1.35 bits per heavy atom. The van der Waals surface area contributed by atoms with Gasteiger partial charge < -0.3 is 5.32 Å². The molecule has 1 aliphatic heterocycles. The van der Waals surface area contributed by atoms with Gasteiger partial charge in [-0.3, -0.25) is 4.90 Å². The fourth-order valence-electron chi connectivity index (χ4n) is 3.88. The summed E-state index contributed by atoms with van der Waals surface area (Å²) in [5.74, 6) is -0.0919. The summed E-state index contributed by atoms with van der Waals surface area (Å²) in [5, 5.41) is 3.53. The van der Waals surface area contributed by atoms with Gasteiger partial charge in [-0.25, -0.2) is 4.39 Å². The van der Waals surface area contributed by atoms with Crippen molar-refractivity contribution in [3.05, 3.63) is 35.1 Å². The van der Waals surface area contributed by atoms with E-state index < -0.39 is 0 Å². The zero-order valence-corrected chi connectivity index (χ0v) is 12.4. The van der Waals surface area contributed by atoms with Gasteiger partial charge >= 0.3 is 0 Å². The number of aryl methyl sites for hydroxylation is 1. The molecule has 20 heavy (non-hydrogen) atoms. The van der Waals surface area contributed by atoms with Gasteiger partial charge in [0.05, 0.1) is 0 Å². The van der Waals surface area contributed by atoms with Crippen molar-refractivity contribution in [2.24, 2.45) is 0 Å². The third kappa shape index (κ3) is 2.75. The van der Waals surface area contributed by atoms with E-state index in [2.05, 4.69) is 17.1 Å². The van der Waals surface area contributed by atoms with E-state index >= 15 is 0 Å². The molecule has 1 heterocycles. The molecule has 1 aromatic rings. The highest BCUT2D eigenvalue weighted by molar-refractivity contribution is 5.35. The lowest BCUT2D eigenvalue weighted by Gasteiger charge is -2.39. The average molecular weight is 276 g/mol. The minimum absolute atomic E-state index is 0.0919. The van der Waals surface area contributed by atoms with Crippen molar-refractivity contribution in [2.75, 3.05) is 19.6 Å². The molecule has 1 aromatic carbocycles. The number of nitrogens with one attached hydrogen (secondary N) is 1. The van der Waals surface area contributed by atoms with E-state index in [1.54, 1.807) is 12.1 Å². The van der Waals surface area contributed by atoms with Gasteiger partial charge in [-0.05, 0) is 68.5 Å². The molecule has 0 radical (unpaired) electrons. The first-order valence-corrected chi connectivity index (χ1v) is 8.04. The van der Waals surface area contributed by atoms with Crippen LogP contribution in [-0.2, 0) is 6.42 Å². The number of piperidine rings is 1. The van der Waals surface area contributed by atoms with E-state index in [1.165, 1.54) is 30.4 Å². The molecule has 1 N–H and O–H groups in total. The Morgan fingerprint density at radius 3 is 3.00 bits per heavy atom. The zero-order valence-electron chi connectivity index (χ0n) is 12.4. The van der Waals surface area contributed by atoms with Gasteiger partial charge in [0, 0.05) is 18.6 Å². The molecule has 2 aliphatic rings. The number of rotatable bonds is 4. The van der Waals surface area contributed by atoms with Gasteiger partial charge in [0.1, 0.15) is 5.82 Å². The quantitative estimate of drug-likeness (QED) is 0.908. The van der Waals surface area contributed by atoms with Crippen molar-refractivity contribution >= 4 is 0 Å². The first-order valence-electron chi connectivity index (χ1n) is 8.04. The third-order valence-corrected chi connectivity index (χ3v) is 4.77. The summed E-state index contributed by atoms with van der Waals surface area (Å²) in [7, 11) is 0. The van der Waals surface area contributed by atoms with Crippen LogP contribution >= 0.6 is 0 Å². The highest BCUT2D eigenvalue weighted by Crippen LogP contribution is 2.38. The van der Waals surface area contributed by atoms with Crippen LogP contribution in [0.1, 0.15) is 49.8 Å². The maximum atomic E-state index is 13.4. The second-order valence-electron chi connectivity index (χ2n) is 6.14. The monoisotopic (exact) mass is 276 g/mol. The number of hydrogen-bond donors (Lipinski definition) is 1.